The van der Waals surface area contributed by atoms with Crippen molar-refractivity contribution in [3.8, 4) is 0 Å². The maximum absolute atomic E-state index is 3.56. The monoisotopic (exact) mass is 251 g/mol. The van der Waals surface area contributed by atoms with Crippen LogP contribution in [0.25, 0.3) is 0 Å². The lowest BCUT2D eigenvalue weighted by Crippen LogP contribution is -2.38. The Morgan fingerprint density at radius 2 is 2.35 bits per heavy atom. The summed E-state index contributed by atoms with van der Waals surface area (Å²) in [5.41, 5.74) is 1.51. The van der Waals surface area contributed by atoms with E-state index in [1.165, 1.54) is 44.1 Å². The molecule has 0 saturated heterocycles. The highest BCUT2D eigenvalue weighted by atomic mass is 32.1. The molecule has 0 aromatic carbocycles. The van der Waals surface area contributed by atoms with Crippen LogP contribution in [0, 0.1) is 11.8 Å². The Morgan fingerprint density at radius 3 is 3.00 bits per heavy atom. The minimum absolute atomic E-state index is 0.680. The molecule has 3 unspecified atom stereocenters. The standard InChI is InChI=1S/C15H25NS/c1-3-12-5-4-6-14(9-12)15(16-2)10-13-7-8-17-11-13/h7-8,11-12,14-16H,3-6,9-10H2,1-2H3. The van der Waals surface area contributed by atoms with Crippen molar-refractivity contribution in [2.24, 2.45) is 11.8 Å². The summed E-state index contributed by atoms with van der Waals surface area (Å²) in [7, 11) is 2.13. The molecule has 2 heteroatoms. The SMILES string of the molecule is CCC1CCCC(C(Cc2ccsc2)NC)C1. The van der Waals surface area contributed by atoms with Gasteiger partial charge in [-0.05, 0) is 60.5 Å². The lowest BCUT2D eigenvalue weighted by Gasteiger charge is -2.34. The third kappa shape index (κ3) is 3.56. The molecule has 0 aliphatic heterocycles. The summed E-state index contributed by atoms with van der Waals surface area (Å²) in [6.07, 6.45) is 8.33. The first-order valence-electron chi connectivity index (χ1n) is 7.01. The van der Waals surface area contributed by atoms with Crippen molar-refractivity contribution < 1.29 is 0 Å². The average Bonchev–Trinajstić information content (AvgIpc) is 2.89. The highest BCUT2D eigenvalue weighted by Crippen LogP contribution is 2.33. The Labute approximate surface area is 110 Å². The first-order chi connectivity index (χ1) is 8.33. The fourth-order valence-electron chi connectivity index (χ4n) is 3.24. The van der Waals surface area contributed by atoms with Gasteiger partial charge in [-0.3, -0.25) is 0 Å². The van der Waals surface area contributed by atoms with Gasteiger partial charge in [0, 0.05) is 6.04 Å². The molecule has 1 N–H and O–H groups in total. The summed E-state index contributed by atoms with van der Waals surface area (Å²) in [6.45, 7) is 2.35. The predicted molar refractivity (Wildman–Crippen MR) is 76.6 cm³/mol. The van der Waals surface area contributed by atoms with Crippen LogP contribution in [-0.4, -0.2) is 13.1 Å². The van der Waals surface area contributed by atoms with E-state index in [-0.39, 0.29) is 0 Å². The summed E-state index contributed by atoms with van der Waals surface area (Å²) in [6, 6.07) is 2.95. The van der Waals surface area contributed by atoms with Crippen molar-refractivity contribution in [1.82, 2.24) is 5.32 Å². The lowest BCUT2D eigenvalue weighted by atomic mass is 9.75. The van der Waals surface area contributed by atoms with E-state index in [0.717, 1.165) is 11.8 Å². The van der Waals surface area contributed by atoms with Crippen LogP contribution in [0.2, 0.25) is 0 Å². The molecule has 1 aliphatic rings. The van der Waals surface area contributed by atoms with Crippen LogP contribution in [-0.2, 0) is 6.42 Å². The van der Waals surface area contributed by atoms with Crippen LogP contribution in [0.5, 0.6) is 0 Å². The maximum Gasteiger partial charge on any atom is 0.0133 e. The number of thiophene rings is 1. The van der Waals surface area contributed by atoms with E-state index in [2.05, 4.69) is 36.1 Å². The largest absolute Gasteiger partial charge is 0.316 e. The molecule has 96 valence electrons. The highest BCUT2D eigenvalue weighted by molar-refractivity contribution is 7.07. The molecule has 0 bridgehead atoms. The van der Waals surface area contributed by atoms with Crippen molar-refractivity contribution >= 4 is 11.3 Å². The van der Waals surface area contributed by atoms with Crippen LogP contribution in [0.4, 0.5) is 0 Å². The van der Waals surface area contributed by atoms with Crippen molar-refractivity contribution in [3.05, 3.63) is 22.4 Å². The molecule has 17 heavy (non-hydrogen) atoms. The Morgan fingerprint density at radius 1 is 1.47 bits per heavy atom. The number of hydrogen-bond acceptors (Lipinski definition) is 2. The van der Waals surface area contributed by atoms with Gasteiger partial charge in [-0.25, -0.2) is 0 Å². The molecule has 0 spiro atoms. The van der Waals surface area contributed by atoms with E-state index < -0.39 is 0 Å². The van der Waals surface area contributed by atoms with Crippen LogP contribution >= 0.6 is 11.3 Å². The average molecular weight is 251 g/mol. The van der Waals surface area contributed by atoms with Gasteiger partial charge in [0.2, 0.25) is 0 Å². The molecular weight excluding hydrogens is 226 g/mol. The Bertz CT molecular complexity index is 307. The Balaban J connectivity index is 1.93. The predicted octanol–water partition coefficient (Wildman–Crippen LogP) is 4.10. The summed E-state index contributed by atoms with van der Waals surface area (Å²) >= 11 is 1.82. The second-order valence-corrected chi connectivity index (χ2v) is 6.21. The van der Waals surface area contributed by atoms with Gasteiger partial charge in [0.1, 0.15) is 0 Å². The normalized spacial score (nSPS) is 26.9. The second-order valence-electron chi connectivity index (χ2n) is 5.43. The van der Waals surface area contributed by atoms with Gasteiger partial charge >= 0.3 is 0 Å². The minimum Gasteiger partial charge on any atom is -0.316 e. The molecule has 1 aromatic heterocycles. The van der Waals surface area contributed by atoms with Gasteiger partial charge in [-0.1, -0.05) is 26.2 Å². The Kier molecular flexibility index (Phi) is 5.05. The summed E-state index contributed by atoms with van der Waals surface area (Å²) in [5.74, 6) is 1.87. The highest BCUT2D eigenvalue weighted by Gasteiger charge is 2.26. The summed E-state index contributed by atoms with van der Waals surface area (Å²) in [4.78, 5) is 0. The van der Waals surface area contributed by atoms with Crippen LogP contribution < -0.4 is 5.32 Å². The first kappa shape index (κ1) is 13.1. The van der Waals surface area contributed by atoms with Crippen LogP contribution in [0.1, 0.15) is 44.6 Å². The maximum atomic E-state index is 3.56. The smallest absolute Gasteiger partial charge is 0.0133 e. The molecule has 1 fully saturated rings. The van der Waals surface area contributed by atoms with Gasteiger partial charge in [-0.2, -0.15) is 11.3 Å². The molecule has 3 atom stereocenters. The van der Waals surface area contributed by atoms with Crippen LogP contribution in [0.3, 0.4) is 0 Å². The van der Waals surface area contributed by atoms with Crippen molar-refractivity contribution in [1.29, 1.82) is 0 Å². The topological polar surface area (TPSA) is 12.0 Å². The van der Waals surface area contributed by atoms with Gasteiger partial charge in [0.25, 0.3) is 0 Å². The molecule has 1 aromatic rings. The van der Waals surface area contributed by atoms with Gasteiger partial charge < -0.3 is 5.32 Å². The first-order valence-corrected chi connectivity index (χ1v) is 7.96. The third-order valence-corrected chi connectivity index (χ3v) is 5.11. The zero-order chi connectivity index (χ0) is 12.1. The number of likely N-dealkylation sites (N-methyl/N-ethyl adjacent to an activating group) is 1. The zero-order valence-electron chi connectivity index (χ0n) is 11.1. The minimum atomic E-state index is 0.680. The number of hydrogen-bond donors (Lipinski definition) is 1. The van der Waals surface area contributed by atoms with Crippen molar-refractivity contribution in [3.63, 3.8) is 0 Å². The Hall–Kier alpha value is -0.340. The molecule has 0 amide bonds. The third-order valence-electron chi connectivity index (χ3n) is 4.38. The number of nitrogens with one attached hydrogen (secondary N) is 1. The molecule has 1 saturated carbocycles. The van der Waals surface area contributed by atoms with E-state index in [4.69, 9.17) is 0 Å². The fourth-order valence-corrected chi connectivity index (χ4v) is 3.92. The summed E-state index contributed by atoms with van der Waals surface area (Å²) < 4.78 is 0. The van der Waals surface area contributed by atoms with E-state index in [1.54, 1.807) is 0 Å². The molecule has 2 rings (SSSR count). The molecule has 1 aliphatic carbocycles. The van der Waals surface area contributed by atoms with E-state index >= 15 is 0 Å². The molecule has 1 nitrogen and oxygen atoms in total. The van der Waals surface area contributed by atoms with Gasteiger partial charge in [-0.15, -0.1) is 0 Å². The second kappa shape index (κ2) is 6.55. The quantitative estimate of drug-likeness (QED) is 0.831. The van der Waals surface area contributed by atoms with Crippen molar-refractivity contribution in [2.75, 3.05) is 7.05 Å². The van der Waals surface area contributed by atoms with Gasteiger partial charge in [0.15, 0.2) is 0 Å². The van der Waals surface area contributed by atoms with Crippen LogP contribution in [0.15, 0.2) is 16.8 Å². The lowest BCUT2D eigenvalue weighted by molar-refractivity contribution is 0.212. The molecule has 0 radical (unpaired) electrons. The van der Waals surface area contributed by atoms with E-state index in [9.17, 15) is 0 Å². The summed E-state index contributed by atoms with van der Waals surface area (Å²) in [5, 5.41) is 8.05. The van der Waals surface area contributed by atoms with E-state index in [0.29, 0.717) is 6.04 Å². The van der Waals surface area contributed by atoms with E-state index in [1.807, 2.05) is 11.3 Å². The number of rotatable bonds is 5. The molecular formula is C15H25NS. The molecule has 1 heterocycles. The van der Waals surface area contributed by atoms with Gasteiger partial charge in [0.05, 0.1) is 0 Å². The zero-order valence-corrected chi connectivity index (χ0v) is 11.9. The van der Waals surface area contributed by atoms with Crippen molar-refractivity contribution in [2.45, 2.75) is 51.5 Å². The fraction of sp³-hybridized carbons (Fsp3) is 0.733.